The number of nitrogens with zero attached hydrogens (tertiary/aromatic N) is 3. The molecule has 0 radical (unpaired) electrons. The fourth-order valence-corrected chi connectivity index (χ4v) is 3.16. The van der Waals surface area contributed by atoms with E-state index in [2.05, 4.69) is 86.5 Å². The van der Waals surface area contributed by atoms with E-state index in [1.807, 2.05) is 0 Å². The maximum absolute atomic E-state index is 4.83. The molecule has 0 saturated carbocycles. The molecule has 1 aromatic rings. The highest BCUT2D eigenvalue weighted by atomic mass is 15.2. The van der Waals surface area contributed by atoms with Crippen LogP contribution < -0.4 is 10.6 Å². The zero-order chi connectivity index (χ0) is 20.1. The molecule has 0 aromatic heterocycles. The normalized spacial score (nSPS) is 13.3. The molecule has 0 fully saturated rings. The van der Waals surface area contributed by atoms with E-state index in [-0.39, 0.29) is 0 Å². The Morgan fingerprint density at radius 2 is 1.74 bits per heavy atom. The summed E-state index contributed by atoms with van der Waals surface area (Å²) >= 11 is 0. The van der Waals surface area contributed by atoms with Crippen molar-refractivity contribution in [2.24, 2.45) is 4.99 Å². The summed E-state index contributed by atoms with van der Waals surface area (Å²) in [6, 6.07) is 8.99. The van der Waals surface area contributed by atoms with Crippen LogP contribution >= 0.6 is 0 Å². The van der Waals surface area contributed by atoms with Crippen molar-refractivity contribution in [3.8, 4) is 0 Å². The number of hydrogen-bond donors (Lipinski definition) is 2. The van der Waals surface area contributed by atoms with E-state index in [9.17, 15) is 0 Å². The highest BCUT2D eigenvalue weighted by Crippen LogP contribution is 2.12. The lowest BCUT2D eigenvalue weighted by molar-refractivity contribution is 0.292. The molecular weight excluding hydrogens is 334 g/mol. The zero-order valence-corrected chi connectivity index (χ0v) is 18.4. The summed E-state index contributed by atoms with van der Waals surface area (Å²) in [5.41, 5.74) is 2.63. The molecule has 5 nitrogen and oxygen atoms in total. The molecule has 1 unspecified atom stereocenters. The number of benzene rings is 1. The van der Waals surface area contributed by atoms with Crippen LogP contribution in [0.15, 0.2) is 29.3 Å². The fourth-order valence-electron chi connectivity index (χ4n) is 3.16. The van der Waals surface area contributed by atoms with E-state index in [1.165, 1.54) is 24.1 Å². The molecule has 0 saturated heterocycles. The lowest BCUT2D eigenvalue weighted by Crippen LogP contribution is -2.42. The molecule has 0 heterocycles. The Bertz CT molecular complexity index is 537. The third-order valence-corrected chi connectivity index (χ3v) is 4.75. The number of hydrogen-bond acceptors (Lipinski definition) is 3. The molecule has 154 valence electrons. The van der Waals surface area contributed by atoms with E-state index in [1.54, 1.807) is 0 Å². The van der Waals surface area contributed by atoms with E-state index < -0.39 is 0 Å². The summed E-state index contributed by atoms with van der Waals surface area (Å²) in [7, 11) is 4.21. The summed E-state index contributed by atoms with van der Waals surface area (Å²) < 4.78 is 0. The van der Waals surface area contributed by atoms with Gasteiger partial charge in [0.25, 0.3) is 0 Å². The number of nitrogens with one attached hydrogen (secondary N) is 2. The Balaban J connectivity index is 2.62. The predicted molar refractivity (Wildman–Crippen MR) is 118 cm³/mol. The predicted octanol–water partition coefficient (Wildman–Crippen LogP) is 3.31. The Hall–Kier alpha value is -1.59. The largest absolute Gasteiger partial charge is 0.357 e. The Morgan fingerprint density at radius 1 is 1.07 bits per heavy atom. The van der Waals surface area contributed by atoms with Gasteiger partial charge in [-0.05, 0) is 71.5 Å². The molecule has 0 aliphatic heterocycles. The van der Waals surface area contributed by atoms with Gasteiger partial charge in [0.1, 0.15) is 0 Å². The van der Waals surface area contributed by atoms with Gasteiger partial charge in [-0.2, -0.15) is 0 Å². The van der Waals surface area contributed by atoms with Crippen molar-refractivity contribution in [3.05, 3.63) is 35.4 Å². The van der Waals surface area contributed by atoms with Gasteiger partial charge in [0, 0.05) is 19.1 Å². The maximum Gasteiger partial charge on any atom is 0.191 e. The molecule has 27 heavy (non-hydrogen) atoms. The summed E-state index contributed by atoms with van der Waals surface area (Å²) in [5, 5.41) is 6.95. The average Bonchev–Trinajstić information content (AvgIpc) is 2.64. The van der Waals surface area contributed by atoms with Crippen molar-refractivity contribution in [2.75, 3.05) is 40.3 Å². The lowest BCUT2D eigenvalue weighted by Gasteiger charge is -2.21. The van der Waals surface area contributed by atoms with Crippen LogP contribution in [-0.4, -0.2) is 62.1 Å². The van der Waals surface area contributed by atoms with Crippen LogP contribution in [0.25, 0.3) is 0 Å². The Labute approximate surface area is 167 Å². The van der Waals surface area contributed by atoms with Gasteiger partial charge in [-0.3, -0.25) is 0 Å². The Morgan fingerprint density at radius 3 is 2.33 bits per heavy atom. The highest BCUT2D eigenvalue weighted by molar-refractivity contribution is 5.80. The second-order valence-corrected chi connectivity index (χ2v) is 7.42. The van der Waals surface area contributed by atoms with Crippen LogP contribution in [-0.2, 0) is 13.1 Å². The smallest absolute Gasteiger partial charge is 0.191 e. The molecule has 0 aliphatic carbocycles. The molecule has 1 aromatic carbocycles. The number of rotatable bonds is 12. The first-order valence-electron chi connectivity index (χ1n) is 10.5. The van der Waals surface area contributed by atoms with Crippen LogP contribution in [0.4, 0.5) is 0 Å². The van der Waals surface area contributed by atoms with Crippen molar-refractivity contribution >= 4 is 5.96 Å². The van der Waals surface area contributed by atoms with Gasteiger partial charge in [-0.1, -0.05) is 38.1 Å². The van der Waals surface area contributed by atoms with Gasteiger partial charge in [0.15, 0.2) is 5.96 Å². The van der Waals surface area contributed by atoms with Gasteiger partial charge in [0.05, 0.1) is 6.54 Å². The van der Waals surface area contributed by atoms with E-state index in [0.717, 1.165) is 38.6 Å². The van der Waals surface area contributed by atoms with Crippen LogP contribution in [0.1, 0.15) is 51.7 Å². The van der Waals surface area contributed by atoms with E-state index in [0.29, 0.717) is 12.6 Å². The highest BCUT2D eigenvalue weighted by Gasteiger charge is 2.08. The SMILES string of the molecule is CCNC(=NCc1ccccc1CN(C)C)NC(C)CCCN(CC)CC. The lowest BCUT2D eigenvalue weighted by atomic mass is 10.1. The quantitative estimate of drug-likeness (QED) is 0.434. The first-order valence-corrected chi connectivity index (χ1v) is 10.5. The molecule has 5 heteroatoms. The van der Waals surface area contributed by atoms with Crippen LogP contribution in [0, 0.1) is 0 Å². The number of guanidine groups is 1. The first kappa shape index (κ1) is 23.4. The third kappa shape index (κ3) is 9.78. The fraction of sp³-hybridized carbons (Fsp3) is 0.682. The molecule has 1 rings (SSSR count). The third-order valence-electron chi connectivity index (χ3n) is 4.75. The maximum atomic E-state index is 4.83. The monoisotopic (exact) mass is 375 g/mol. The van der Waals surface area contributed by atoms with Crippen LogP contribution in [0.2, 0.25) is 0 Å². The standard InChI is InChI=1S/C22H41N5/c1-7-23-22(25-19(4)13-12-16-27(8-2)9-3)24-17-20-14-10-11-15-21(20)18-26(5)6/h10-11,14-15,19H,7-9,12-13,16-18H2,1-6H3,(H2,23,24,25). The van der Waals surface area contributed by atoms with E-state index in [4.69, 9.17) is 4.99 Å². The molecule has 0 spiro atoms. The molecule has 1 atom stereocenters. The van der Waals surface area contributed by atoms with Gasteiger partial charge >= 0.3 is 0 Å². The Kier molecular flexibility index (Phi) is 11.8. The van der Waals surface area contributed by atoms with Crippen molar-refractivity contribution in [2.45, 2.75) is 59.7 Å². The van der Waals surface area contributed by atoms with Crippen LogP contribution in [0.3, 0.4) is 0 Å². The number of aliphatic imine (C=N–C) groups is 1. The summed E-state index contributed by atoms with van der Waals surface area (Å²) in [5.74, 6) is 0.910. The van der Waals surface area contributed by atoms with E-state index >= 15 is 0 Å². The minimum absolute atomic E-state index is 0.412. The van der Waals surface area contributed by atoms with Gasteiger partial charge in [0.2, 0.25) is 0 Å². The van der Waals surface area contributed by atoms with Crippen LogP contribution in [0.5, 0.6) is 0 Å². The first-order chi connectivity index (χ1) is 13.0. The van der Waals surface area contributed by atoms with Crippen molar-refractivity contribution in [1.29, 1.82) is 0 Å². The van der Waals surface area contributed by atoms with Crippen molar-refractivity contribution < 1.29 is 0 Å². The van der Waals surface area contributed by atoms with Gasteiger partial charge in [-0.15, -0.1) is 0 Å². The summed E-state index contributed by atoms with van der Waals surface area (Å²) in [6.45, 7) is 14.8. The zero-order valence-electron chi connectivity index (χ0n) is 18.4. The minimum Gasteiger partial charge on any atom is -0.357 e. The molecule has 0 aliphatic rings. The van der Waals surface area contributed by atoms with Gasteiger partial charge in [-0.25, -0.2) is 4.99 Å². The average molecular weight is 376 g/mol. The molecule has 0 bridgehead atoms. The second-order valence-electron chi connectivity index (χ2n) is 7.42. The summed E-state index contributed by atoms with van der Waals surface area (Å²) in [6.07, 6.45) is 2.36. The van der Waals surface area contributed by atoms with Crippen molar-refractivity contribution in [1.82, 2.24) is 20.4 Å². The molecule has 2 N–H and O–H groups in total. The van der Waals surface area contributed by atoms with Gasteiger partial charge < -0.3 is 20.4 Å². The minimum atomic E-state index is 0.412. The topological polar surface area (TPSA) is 42.9 Å². The summed E-state index contributed by atoms with van der Waals surface area (Å²) in [4.78, 5) is 9.51. The van der Waals surface area contributed by atoms with Crippen molar-refractivity contribution in [3.63, 3.8) is 0 Å². The molecular formula is C22H41N5. The molecule has 0 amide bonds. The second kappa shape index (κ2) is 13.6.